The number of morpholine rings is 1. The molecule has 0 bridgehead atoms. The first-order valence-electron chi connectivity index (χ1n) is 8.45. The standard InChI is InChI=1S/C20H18FN3O2/c21-17-5-1-15(2-6-17)19-13-23(11-12-26-19)20(25)16-3-7-18(8-4-16)24-10-9-22-14-24/h1-10,14,19H,11-13H2/t19-/m1/s1. The fourth-order valence-corrected chi connectivity index (χ4v) is 3.08. The topological polar surface area (TPSA) is 47.4 Å². The Kier molecular flexibility index (Phi) is 4.50. The molecule has 0 saturated carbocycles. The highest BCUT2D eigenvalue weighted by Gasteiger charge is 2.26. The average Bonchev–Trinajstić information content (AvgIpc) is 3.23. The summed E-state index contributed by atoms with van der Waals surface area (Å²) < 4.78 is 20.7. The van der Waals surface area contributed by atoms with Crippen molar-refractivity contribution < 1.29 is 13.9 Å². The molecule has 132 valence electrons. The van der Waals surface area contributed by atoms with Gasteiger partial charge in [-0.2, -0.15) is 0 Å². The van der Waals surface area contributed by atoms with Crippen LogP contribution in [0, 0.1) is 5.82 Å². The van der Waals surface area contributed by atoms with Crippen molar-refractivity contribution in [3.8, 4) is 5.69 Å². The molecule has 2 aromatic carbocycles. The van der Waals surface area contributed by atoms with E-state index in [1.165, 1.54) is 12.1 Å². The van der Waals surface area contributed by atoms with Crippen molar-refractivity contribution >= 4 is 5.91 Å². The summed E-state index contributed by atoms with van der Waals surface area (Å²) in [7, 11) is 0. The molecule has 0 spiro atoms. The number of halogens is 1. The number of benzene rings is 2. The number of ether oxygens (including phenoxy) is 1. The van der Waals surface area contributed by atoms with Crippen molar-refractivity contribution in [1.82, 2.24) is 14.5 Å². The predicted molar refractivity (Wildman–Crippen MR) is 94.6 cm³/mol. The monoisotopic (exact) mass is 351 g/mol. The van der Waals surface area contributed by atoms with E-state index in [0.29, 0.717) is 25.3 Å². The number of rotatable bonds is 3. The summed E-state index contributed by atoms with van der Waals surface area (Å²) in [6.45, 7) is 1.45. The fraction of sp³-hybridized carbons (Fsp3) is 0.200. The minimum atomic E-state index is -0.282. The first kappa shape index (κ1) is 16.5. The van der Waals surface area contributed by atoms with Crippen molar-refractivity contribution in [2.75, 3.05) is 19.7 Å². The van der Waals surface area contributed by atoms with Gasteiger partial charge >= 0.3 is 0 Å². The number of carbonyl (C=O) groups excluding carboxylic acids is 1. The van der Waals surface area contributed by atoms with Crippen molar-refractivity contribution in [1.29, 1.82) is 0 Å². The molecule has 1 aromatic heterocycles. The molecule has 1 aliphatic rings. The van der Waals surface area contributed by atoms with Crippen LogP contribution in [-0.2, 0) is 4.74 Å². The molecule has 4 rings (SSSR count). The van der Waals surface area contributed by atoms with Gasteiger partial charge in [0.2, 0.25) is 0 Å². The highest BCUT2D eigenvalue weighted by molar-refractivity contribution is 5.94. The Labute approximate surface area is 150 Å². The summed E-state index contributed by atoms with van der Waals surface area (Å²) in [5, 5.41) is 0. The molecule has 2 heterocycles. The summed E-state index contributed by atoms with van der Waals surface area (Å²) in [4.78, 5) is 18.6. The largest absolute Gasteiger partial charge is 0.370 e. The number of nitrogens with zero attached hydrogens (tertiary/aromatic N) is 3. The molecule has 5 nitrogen and oxygen atoms in total. The second-order valence-electron chi connectivity index (χ2n) is 6.18. The lowest BCUT2D eigenvalue weighted by molar-refractivity contribution is -0.0228. The molecule has 1 amide bonds. The van der Waals surface area contributed by atoms with E-state index in [1.807, 2.05) is 35.0 Å². The fourth-order valence-electron chi connectivity index (χ4n) is 3.08. The van der Waals surface area contributed by atoms with E-state index < -0.39 is 0 Å². The number of carbonyl (C=O) groups is 1. The normalized spacial score (nSPS) is 17.3. The van der Waals surface area contributed by atoms with Crippen LogP contribution in [0.1, 0.15) is 22.0 Å². The van der Waals surface area contributed by atoms with Gasteiger partial charge in [-0.05, 0) is 42.0 Å². The quantitative estimate of drug-likeness (QED) is 0.728. The van der Waals surface area contributed by atoms with E-state index in [0.717, 1.165) is 11.3 Å². The van der Waals surface area contributed by atoms with Crippen LogP contribution >= 0.6 is 0 Å². The summed E-state index contributed by atoms with van der Waals surface area (Å²) in [5.74, 6) is -0.312. The maximum absolute atomic E-state index is 13.1. The Morgan fingerprint density at radius 2 is 1.88 bits per heavy atom. The molecular weight excluding hydrogens is 333 g/mol. The van der Waals surface area contributed by atoms with Gasteiger partial charge in [-0.15, -0.1) is 0 Å². The summed E-state index contributed by atoms with van der Waals surface area (Å²) in [6.07, 6.45) is 5.04. The Hall–Kier alpha value is -2.99. The van der Waals surface area contributed by atoms with Crippen LogP contribution in [0.2, 0.25) is 0 Å². The molecule has 1 fully saturated rings. The molecular formula is C20H18FN3O2. The second kappa shape index (κ2) is 7.09. The number of hydrogen-bond acceptors (Lipinski definition) is 3. The minimum Gasteiger partial charge on any atom is -0.370 e. The Balaban J connectivity index is 1.48. The van der Waals surface area contributed by atoms with Gasteiger partial charge in [0.1, 0.15) is 11.9 Å². The van der Waals surface area contributed by atoms with Crippen LogP contribution < -0.4 is 0 Å². The van der Waals surface area contributed by atoms with Gasteiger partial charge in [0, 0.05) is 30.2 Å². The highest BCUT2D eigenvalue weighted by Crippen LogP contribution is 2.24. The first-order valence-corrected chi connectivity index (χ1v) is 8.45. The van der Waals surface area contributed by atoms with Gasteiger partial charge in [-0.25, -0.2) is 9.37 Å². The molecule has 0 N–H and O–H groups in total. The maximum atomic E-state index is 13.1. The number of aromatic nitrogens is 2. The zero-order valence-corrected chi connectivity index (χ0v) is 14.1. The smallest absolute Gasteiger partial charge is 0.254 e. The number of amides is 1. The maximum Gasteiger partial charge on any atom is 0.254 e. The van der Waals surface area contributed by atoms with Gasteiger partial charge < -0.3 is 14.2 Å². The lowest BCUT2D eigenvalue weighted by Gasteiger charge is -2.33. The summed E-state index contributed by atoms with van der Waals surface area (Å²) in [5.41, 5.74) is 2.46. The third-order valence-corrected chi connectivity index (χ3v) is 4.51. The van der Waals surface area contributed by atoms with Gasteiger partial charge in [0.05, 0.1) is 19.5 Å². The number of hydrogen-bond donors (Lipinski definition) is 0. The summed E-state index contributed by atoms with van der Waals surface area (Å²) >= 11 is 0. The molecule has 0 radical (unpaired) electrons. The number of imidazole rings is 1. The zero-order valence-electron chi connectivity index (χ0n) is 14.1. The van der Waals surface area contributed by atoms with E-state index in [2.05, 4.69) is 4.98 Å². The summed E-state index contributed by atoms with van der Waals surface area (Å²) in [6, 6.07) is 13.7. The lowest BCUT2D eigenvalue weighted by Crippen LogP contribution is -2.42. The predicted octanol–water partition coefficient (Wildman–Crippen LogP) is 3.23. The van der Waals surface area contributed by atoms with Gasteiger partial charge in [0.25, 0.3) is 5.91 Å². The highest BCUT2D eigenvalue weighted by atomic mass is 19.1. The molecule has 1 atom stereocenters. The molecule has 26 heavy (non-hydrogen) atoms. The van der Waals surface area contributed by atoms with Gasteiger partial charge in [-0.3, -0.25) is 4.79 Å². The Morgan fingerprint density at radius 1 is 1.12 bits per heavy atom. The lowest BCUT2D eigenvalue weighted by atomic mass is 10.1. The van der Waals surface area contributed by atoms with E-state index >= 15 is 0 Å². The van der Waals surface area contributed by atoms with E-state index in [4.69, 9.17) is 4.74 Å². The van der Waals surface area contributed by atoms with Gasteiger partial charge in [0.15, 0.2) is 0 Å². The minimum absolute atomic E-state index is 0.0300. The second-order valence-corrected chi connectivity index (χ2v) is 6.18. The average molecular weight is 351 g/mol. The van der Waals surface area contributed by atoms with Crippen LogP contribution in [-0.4, -0.2) is 40.1 Å². The SMILES string of the molecule is O=C(c1ccc(-n2ccnc2)cc1)N1CCO[C@@H](c2ccc(F)cc2)C1. The molecule has 6 heteroatoms. The Bertz CT molecular complexity index is 876. The van der Waals surface area contributed by atoms with Crippen molar-refractivity contribution in [3.63, 3.8) is 0 Å². The molecule has 0 unspecified atom stereocenters. The van der Waals surface area contributed by atoms with Crippen LogP contribution in [0.15, 0.2) is 67.3 Å². The zero-order chi connectivity index (χ0) is 17.9. The van der Waals surface area contributed by atoms with Crippen molar-refractivity contribution in [2.24, 2.45) is 0 Å². The van der Waals surface area contributed by atoms with E-state index in [-0.39, 0.29) is 17.8 Å². The van der Waals surface area contributed by atoms with Crippen LogP contribution in [0.4, 0.5) is 4.39 Å². The van der Waals surface area contributed by atoms with Crippen molar-refractivity contribution in [3.05, 3.63) is 84.2 Å². The third-order valence-electron chi connectivity index (χ3n) is 4.51. The first-order chi connectivity index (χ1) is 12.7. The Morgan fingerprint density at radius 3 is 2.58 bits per heavy atom. The molecule has 0 aliphatic carbocycles. The third kappa shape index (κ3) is 3.36. The molecule has 3 aromatic rings. The van der Waals surface area contributed by atoms with E-state index in [9.17, 15) is 9.18 Å². The van der Waals surface area contributed by atoms with Crippen LogP contribution in [0.5, 0.6) is 0 Å². The van der Waals surface area contributed by atoms with Crippen LogP contribution in [0.25, 0.3) is 5.69 Å². The molecule has 1 saturated heterocycles. The van der Waals surface area contributed by atoms with Crippen molar-refractivity contribution in [2.45, 2.75) is 6.10 Å². The molecule has 1 aliphatic heterocycles. The van der Waals surface area contributed by atoms with E-state index in [1.54, 1.807) is 29.6 Å². The van der Waals surface area contributed by atoms with Gasteiger partial charge in [-0.1, -0.05) is 12.1 Å². The van der Waals surface area contributed by atoms with Crippen LogP contribution in [0.3, 0.4) is 0 Å².